The van der Waals surface area contributed by atoms with Gasteiger partial charge in [0.25, 0.3) is 5.91 Å². The number of nitrogens with zero attached hydrogens (tertiary/aromatic N) is 1. The van der Waals surface area contributed by atoms with Gasteiger partial charge < -0.3 is 14.6 Å². The monoisotopic (exact) mass is 264 g/mol. The number of nitrogens with one attached hydrogen (secondary N) is 1. The molecule has 2 heterocycles. The number of piperidine rings is 1. The lowest BCUT2D eigenvalue weighted by Gasteiger charge is -2.29. The van der Waals surface area contributed by atoms with Crippen molar-refractivity contribution in [1.82, 2.24) is 10.2 Å². The quantitative estimate of drug-likeness (QED) is 0.887. The minimum absolute atomic E-state index is 0.117. The van der Waals surface area contributed by atoms with E-state index < -0.39 is 0 Å². The van der Waals surface area contributed by atoms with Gasteiger partial charge in [0.2, 0.25) is 0 Å². The van der Waals surface area contributed by atoms with Gasteiger partial charge in [0, 0.05) is 19.5 Å². The fourth-order valence-corrected chi connectivity index (χ4v) is 2.71. The van der Waals surface area contributed by atoms with E-state index in [2.05, 4.69) is 5.32 Å². The minimum atomic E-state index is 0.117. The summed E-state index contributed by atoms with van der Waals surface area (Å²) in [6.45, 7) is 7.83. The van der Waals surface area contributed by atoms with Crippen LogP contribution >= 0.6 is 0 Å². The van der Waals surface area contributed by atoms with Crippen LogP contribution in [0.4, 0.5) is 0 Å². The van der Waals surface area contributed by atoms with Crippen LogP contribution in [0, 0.1) is 5.92 Å². The molecule has 19 heavy (non-hydrogen) atoms. The van der Waals surface area contributed by atoms with E-state index in [-0.39, 0.29) is 5.91 Å². The van der Waals surface area contributed by atoms with Crippen LogP contribution in [0.15, 0.2) is 16.7 Å². The number of hydrogen-bond acceptors (Lipinski definition) is 3. The molecule has 0 saturated carbocycles. The second-order valence-corrected chi connectivity index (χ2v) is 5.15. The second kappa shape index (κ2) is 6.75. The molecule has 2 rings (SSSR count). The van der Waals surface area contributed by atoms with Crippen LogP contribution in [0.1, 0.15) is 42.8 Å². The van der Waals surface area contributed by atoms with Gasteiger partial charge in [-0.05, 0) is 44.8 Å². The lowest BCUT2D eigenvalue weighted by molar-refractivity contribution is 0.0724. The first-order valence-electron chi connectivity index (χ1n) is 7.32. The maximum Gasteiger partial charge on any atom is 0.257 e. The Hall–Kier alpha value is -1.29. The van der Waals surface area contributed by atoms with Crippen LogP contribution in [-0.4, -0.2) is 37.0 Å². The van der Waals surface area contributed by atoms with Gasteiger partial charge in [0.05, 0.1) is 11.8 Å². The van der Waals surface area contributed by atoms with Gasteiger partial charge in [-0.25, -0.2) is 0 Å². The van der Waals surface area contributed by atoms with Gasteiger partial charge in [0.1, 0.15) is 5.76 Å². The Morgan fingerprint density at radius 3 is 2.79 bits per heavy atom. The molecule has 1 aliphatic heterocycles. The van der Waals surface area contributed by atoms with Crippen LogP contribution in [0.2, 0.25) is 0 Å². The fourth-order valence-electron chi connectivity index (χ4n) is 2.71. The first kappa shape index (κ1) is 14.1. The number of carbonyl (C=O) groups is 1. The molecule has 1 N–H and O–H groups in total. The number of furan rings is 1. The summed E-state index contributed by atoms with van der Waals surface area (Å²) in [7, 11) is 0. The Labute approximate surface area is 115 Å². The topological polar surface area (TPSA) is 45.5 Å². The number of rotatable bonds is 5. The van der Waals surface area contributed by atoms with E-state index in [1.165, 1.54) is 0 Å². The molecule has 1 aromatic rings. The molecule has 1 amide bonds. The van der Waals surface area contributed by atoms with E-state index in [9.17, 15) is 4.79 Å². The highest BCUT2D eigenvalue weighted by atomic mass is 16.3. The molecule has 106 valence electrons. The van der Waals surface area contributed by atoms with Crippen molar-refractivity contribution >= 4 is 5.91 Å². The van der Waals surface area contributed by atoms with E-state index in [4.69, 9.17) is 4.42 Å². The molecule has 0 unspecified atom stereocenters. The van der Waals surface area contributed by atoms with Gasteiger partial charge in [-0.3, -0.25) is 4.79 Å². The van der Waals surface area contributed by atoms with Gasteiger partial charge in [0.15, 0.2) is 0 Å². The van der Waals surface area contributed by atoms with E-state index in [1.54, 1.807) is 12.3 Å². The Balaban J connectivity index is 2.02. The molecule has 1 aromatic heterocycles. The molecule has 1 saturated heterocycles. The predicted molar refractivity (Wildman–Crippen MR) is 75.3 cm³/mol. The minimum Gasteiger partial charge on any atom is -0.469 e. The third kappa shape index (κ3) is 3.38. The van der Waals surface area contributed by atoms with E-state index in [0.29, 0.717) is 5.92 Å². The molecule has 4 nitrogen and oxygen atoms in total. The van der Waals surface area contributed by atoms with Crippen molar-refractivity contribution in [2.45, 2.75) is 33.1 Å². The van der Waals surface area contributed by atoms with Crippen LogP contribution in [0.25, 0.3) is 0 Å². The Morgan fingerprint density at radius 1 is 1.42 bits per heavy atom. The summed E-state index contributed by atoms with van der Waals surface area (Å²) in [6, 6.07) is 1.80. The van der Waals surface area contributed by atoms with Crippen molar-refractivity contribution in [3.8, 4) is 0 Å². The highest BCUT2D eigenvalue weighted by Crippen LogP contribution is 2.18. The highest BCUT2D eigenvalue weighted by molar-refractivity contribution is 5.95. The smallest absolute Gasteiger partial charge is 0.257 e. The highest BCUT2D eigenvalue weighted by Gasteiger charge is 2.23. The molecule has 0 aromatic carbocycles. The summed E-state index contributed by atoms with van der Waals surface area (Å²) >= 11 is 0. The Bertz CT molecular complexity index is 408. The summed E-state index contributed by atoms with van der Waals surface area (Å²) in [4.78, 5) is 14.5. The summed E-state index contributed by atoms with van der Waals surface area (Å²) in [5, 5.41) is 3.36. The van der Waals surface area contributed by atoms with E-state index in [1.807, 2.05) is 18.7 Å². The summed E-state index contributed by atoms with van der Waals surface area (Å²) in [6.07, 6.45) is 4.70. The zero-order valence-corrected chi connectivity index (χ0v) is 11.9. The molecule has 1 aliphatic rings. The largest absolute Gasteiger partial charge is 0.469 e. The molecule has 0 atom stereocenters. The van der Waals surface area contributed by atoms with Crippen molar-refractivity contribution in [2.24, 2.45) is 5.92 Å². The van der Waals surface area contributed by atoms with Gasteiger partial charge >= 0.3 is 0 Å². The maximum atomic E-state index is 12.5. The number of aryl methyl sites for hydroxylation is 1. The first-order chi connectivity index (χ1) is 9.26. The molecule has 0 bridgehead atoms. The van der Waals surface area contributed by atoms with Crippen molar-refractivity contribution in [3.05, 3.63) is 23.7 Å². The summed E-state index contributed by atoms with van der Waals surface area (Å²) in [5.74, 6) is 1.54. The standard InChI is InChI=1S/C15H24N2O2/c1-3-14-13(7-10-19-14)15(18)17(4-2)11-12-5-8-16-9-6-12/h7,10,12,16H,3-6,8-9,11H2,1-2H3. The van der Waals surface area contributed by atoms with Crippen molar-refractivity contribution < 1.29 is 9.21 Å². The lowest BCUT2D eigenvalue weighted by Crippen LogP contribution is -2.39. The molecule has 0 radical (unpaired) electrons. The Morgan fingerprint density at radius 2 is 2.16 bits per heavy atom. The molecule has 4 heteroatoms. The second-order valence-electron chi connectivity index (χ2n) is 5.15. The molecule has 0 spiro atoms. The third-order valence-corrected chi connectivity index (χ3v) is 3.90. The zero-order chi connectivity index (χ0) is 13.7. The van der Waals surface area contributed by atoms with E-state index >= 15 is 0 Å². The number of carbonyl (C=O) groups excluding carboxylic acids is 1. The molecular formula is C15H24N2O2. The molecule has 0 aliphatic carbocycles. The molecule has 1 fully saturated rings. The zero-order valence-electron chi connectivity index (χ0n) is 11.9. The lowest BCUT2D eigenvalue weighted by atomic mass is 9.97. The van der Waals surface area contributed by atoms with Gasteiger partial charge in [-0.15, -0.1) is 0 Å². The number of amides is 1. The van der Waals surface area contributed by atoms with Crippen LogP contribution in [-0.2, 0) is 6.42 Å². The molecular weight excluding hydrogens is 240 g/mol. The van der Waals surface area contributed by atoms with Crippen molar-refractivity contribution in [2.75, 3.05) is 26.2 Å². The number of hydrogen-bond donors (Lipinski definition) is 1. The van der Waals surface area contributed by atoms with Crippen LogP contribution < -0.4 is 5.32 Å². The van der Waals surface area contributed by atoms with Crippen LogP contribution in [0.3, 0.4) is 0 Å². The summed E-state index contributed by atoms with van der Waals surface area (Å²) < 4.78 is 5.36. The van der Waals surface area contributed by atoms with Crippen molar-refractivity contribution in [1.29, 1.82) is 0 Å². The average Bonchev–Trinajstić information content (AvgIpc) is 2.93. The SMILES string of the molecule is CCc1occc1C(=O)N(CC)CC1CCNCC1. The average molecular weight is 264 g/mol. The predicted octanol–water partition coefficient (Wildman–Crippen LogP) is 2.30. The Kier molecular flexibility index (Phi) is 5.02. The maximum absolute atomic E-state index is 12.5. The van der Waals surface area contributed by atoms with Gasteiger partial charge in [-0.1, -0.05) is 6.92 Å². The van der Waals surface area contributed by atoms with Gasteiger partial charge in [-0.2, -0.15) is 0 Å². The normalized spacial score (nSPS) is 16.5. The third-order valence-electron chi connectivity index (χ3n) is 3.90. The fraction of sp³-hybridized carbons (Fsp3) is 0.667. The van der Waals surface area contributed by atoms with E-state index in [0.717, 1.165) is 56.8 Å². The summed E-state index contributed by atoms with van der Waals surface area (Å²) in [5.41, 5.74) is 0.735. The first-order valence-corrected chi connectivity index (χ1v) is 7.32. The van der Waals surface area contributed by atoms with Crippen molar-refractivity contribution in [3.63, 3.8) is 0 Å². The van der Waals surface area contributed by atoms with Crippen LogP contribution in [0.5, 0.6) is 0 Å².